The number of hydrogen-bond donors (Lipinski definition) is 1. The van der Waals surface area contributed by atoms with Gasteiger partial charge in [0.15, 0.2) is 0 Å². The van der Waals surface area contributed by atoms with Crippen LogP contribution in [0.15, 0.2) is 18.2 Å². The van der Waals surface area contributed by atoms with Gasteiger partial charge in [0.25, 0.3) is 0 Å². The van der Waals surface area contributed by atoms with Crippen molar-refractivity contribution >= 4 is 18.4 Å². The molecule has 0 fully saturated rings. The van der Waals surface area contributed by atoms with Gasteiger partial charge in [-0.3, -0.25) is 4.79 Å². The highest BCUT2D eigenvalue weighted by Gasteiger charge is 2.13. The van der Waals surface area contributed by atoms with E-state index in [2.05, 4.69) is 4.74 Å². The molecule has 0 bridgehead atoms. The Morgan fingerprint density at radius 2 is 2.29 bits per heavy atom. The van der Waals surface area contributed by atoms with Gasteiger partial charge in [0.1, 0.15) is 11.9 Å². The summed E-state index contributed by atoms with van der Waals surface area (Å²) >= 11 is 0. The first-order valence-corrected chi connectivity index (χ1v) is 4.60. The van der Waals surface area contributed by atoms with Crippen molar-refractivity contribution in [3.63, 3.8) is 0 Å². The van der Waals surface area contributed by atoms with Crippen LogP contribution in [-0.2, 0) is 9.53 Å². The summed E-state index contributed by atoms with van der Waals surface area (Å²) in [6, 6.07) is 5.06. The van der Waals surface area contributed by atoms with E-state index in [1.165, 1.54) is 19.2 Å². The number of ether oxygens (including phenoxy) is 1. The molecule has 1 atom stereocenters. The monoisotopic (exact) mass is 258 g/mol. The molecular weight excluding hydrogens is 247 g/mol. The van der Waals surface area contributed by atoms with Gasteiger partial charge in [0.05, 0.1) is 19.1 Å². The maximum atomic E-state index is 13.0. The molecule has 0 radical (unpaired) electrons. The first kappa shape index (κ1) is 15.4. The van der Waals surface area contributed by atoms with Crippen LogP contribution in [0.3, 0.4) is 0 Å². The van der Waals surface area contributed by atoms with Crippen LogP contribution in [0.2, 0.25) is 0 Å². The van der Waals surface area contributed by atoms with E-state index in [0.29, 0.717) is 5.56 Å². The van der Waals surface area contributed by atoms with Crippen molar-refractivity contribution in [2.24, 2.45) is 5.73 Å². The molecule has 1 aromatic carbocycles. The van der Waals surface area contributed by atoms with E-state index >= 15 is 0 Å². The van der Waals surface area contributed by atoms with Crippen molar-refractivity contribution in [2.45, 2.75) is 12.5 Å². The van der Waals surface area contributed by atoms with Gasteiger partial charge >= 0.3 is 5.97 Å². The lowest BCUT2D eigenvalue weighted by molar-refractivity contribution is -0.141. The summed E-state index contributed by atoms with van der Waals surface area (Å²) in [5.41, 5.74) is 6.16. The van der Waals surface area contributed by atoms with Crippen molar-refractivity contribution in [3.8, 4) is 6.07 Å². The largest absolute Gasteiger partial charge is 0.469 e. The zero-order valence-electron chi connectivity index (χ0n) is 9.14. The van der Waals surface area contributed by atoms with Crippen LogP contribution in [-0.4, -0.2) is 13.1 Å². The Morgan fingerprint density at radius 1 is 1.65 bits per heavy atom. The Morgan fingerprint density at radius 3 is 2.82 bits per heavy atom. The number of benzene rings is 1. The van der Waals surface area contributed by atoms with Gasteiger partial charge < -0.3 is 10.5 Å². The quantitative estimate of drug-likeness (QED) is 0.837. The molecule has 0 spiro atoms. The molecule has 17 heavy (non-hydrogen) atoms. The van der Waals surface area contributed by atoms with Crippen molar-refractivity contribution in [1.82, 2.24) is 0 Å². The molecule has 0 aliphatic carbocycles. The van der Waals surface area contributed by atoms with Gasteiger partial charge in [-0.05, 0) is 17.7 Å². The maximum absolute atomic E-state index is 13.0. The van der Waals surface area contributed by atoms with Crippen molar-refractivity contribution in [3.05, 3.63) is 35.1 Å². The molecule has 0 aliphatic rings. The molecule has 0 heterocycles. The van der Waals surface area contributed by atoms with E-state index in [-0.39, 0.29) is 24.4 Å². The molecule has 6 heteroatoms. The fourth-order valence-corrected chi connectivity index (χ4v) is 1.24. The number of esters is 1. The molecule has 0 aromatic heterocycles. The molecule has 0 unspecified atom stereocenters. The van der Waals surface area contributed by atoms with Gasteiger partial charge in [0, 0.05) is 6.04 Å². The lowest BCUT2D eigenvalue weighted by Crippen LogP contribution is -2.16. The third-order valence-electron chi connectivity index (χ3n) is 2.15. The smallest absolute Gasteiger partial charge is 0.307 e. The molecule has 0 amide bonds. The van der Waals surface area contributed by atoms with Gasteiger partial charge in [0.2, 0.25) is 0 Å². The molecule has 1 aromatic rings. The van der Waals surface area contributed by atoms with Gasteiger partial charge in [-0.25, -0.2) is 4.39 Å². The van der Waals surface area contributed by atoms with Gasteiger partial charge in [-0.15, -0.1) is 12.4 Å². The maximum Gasteiger partial charge on any atom is 0.307 e. The number of rotatable bonds is 3. The highest BCUT2D eigenvalue weighted by Crippen LogP contribution is 2.17. The minimum absolute atomic E-state index is 0. The highest BCUT2D eigenvalue weighted by molar-refractivity contribution is 5.85. The Balaban J connectivity index is 0.00000256. The van der Waals surface area contributed by atoms with E-state index in [4.69, 9.17) is 11.0 Å². The Labute approximate surface area is 105 Å². The summed E-state index contributed by atoms with van der Waals surface area (Å²) in [5.74, 6) is -1.05. The molecule has 4 nitrogen and oxygen atoms in total. The molecule has 2 N–H and O–H groups in total. The molecule has 0 saturated heterocycles. The standard InChI is InChI=1S/C11H11FN2O2.ClH/c1-16-11(15)5-10(14)7-2-3-9(12)8(4-7)6-13;/h2-4,10H,5,14H2,1H3;1H/t10-;/m1./s1. The normalized spacial score (nSPS) is 10.9. The number of nitriles is 1. The fourth-order valence-electron chi connectivity index (χ4n) is 1.24. The predicted octanol–water partition coefficient (Wildman–Crippen LogP) is 1.68. The minimum Gasteiger partial charge on any atom is -0.469 e. The average Bonchev–Trinajstić information content (AvgIpc) is 2.29. The minimum atomic E-state index is -0.600. The number of carbonyl (C=O) groups excluding carboxylic acids is 1. The number of methoxy groups -OCH3 is 1. The average molecular weight is 259 g/mol. The topological polar surface area (TPSA) is 76.1 Å². The third kappa shape index (κ3) is 4.02. The van der Waals surface area contributed by atoms with Crippen LogP contribution < -0.4 is 5.73 Å². The van der Waals surface area contributed by atoms with Crippen molar-refractivity contribution in [2.75, 3.05) is 7.11 Å². The van der Waals surface area contributed by atoms with Crippen LogP contribution in [0.4, 0.5) is 4.39 Å². The van der Waals surface area contributed by atoms with Crippen LogP contribution in [0, 0.1) is 17.1 Å². The molecule has 92 valence electrons. The summed E-state index contributed by atoms with van der Waals surface area (Å²) in [6.45, 7) is 0. The number of carbonyl (C=O) groups is 1. The van der Waals surface area contributed by atoms with Gasteiger partial charge in [-0.1, -0.05) is 6.07 Å². The SMILES string of the molecule is COC(=O)C[C@@H](N)c1ccc(F)c(C#N)c1.Cl. The van der Waals surface area contributed by atoms with Crippen molar-refractivity contribution in [1.29, 1.82) is 5.26 Å². The predicted molar refractivity (Wildman–Crippen MR) is 61.9 cm³/mol. The molecule has 0 aliphatic heterocycles. The van der Waals surface area contributed by atoms with Crippen LogP contribution in [0.1, 0.15) is 23.6 Å². The first-order valence-electron chi connectivity index (χ1n) is 4.60. The molecule has 0 saturated carbocycles. The number of halogens is 2. The molecule has 1 rings (SSSR count). The third-order valence-corrected chi connectivity index (χ3v) is 2.15. The summed E-state index contributed by atoms with van der Waals surface area (Å²) in [6.07, 6.45) is -0.00694. The van der Waals surface area contributed by atoms with Crippen molar-refractivity contribution < 1.29 is 13.9 Å². The fraction of sp³-hybridized carbons (Fsp3) is 0.273. The van der Waals surface area contributed by atoms with E-state index in [1.807, 2.05) is 0 Å². The zero-order valence-corrected chi connectivity index (χ0v) is 9.96. The molecular formula is C11H12ClFN2O2. The lowest BCUT2D eigenvalue weighted by Gasteiger charge is -2.10. The summed E-state index contributed by atoms with van der Waals surface area (Å²) < 4.78 is 17.5. The summed E-state index contributed by atoms with van der Waals surface area (Å²) in [4.78, 5) is 11.0. The zero-order chi connectivity index (χ0) is 12.1. The number of nitrogens with two attached hydrogens (primary N) is 1. The van der Waals surface area contributed by atoms with Crippen LogP contribution in [0.25, 0.3) is 0 Å². The Kier molecular flexibility index (Phi) is 6.18. The van der Waals surface area contributed by atoms with E-state index < -0.39 is 17.8 Å². The van der Waals surface area contributed by atoms with E-state index in [0.717, 1.165) is 6.07 Å². The first-order chi connectivity index (χ1) is 7.58. The number of hydrogen-bond acceptors (Lipinski definition) is 4. The second-order valence-electron chi connectivity index (χ2n) is 3.24. The van der Waals surface area contributed by atoms with E-state index in [1.54, 1.807) is 6.07 Å². The Bertz CT molecular complexity index is 446. The second-order valence-corrected chi connectivity index (χ2v) is 3.24. The van der Waals surface area contributed by atoms with E-state index in [9.17, 15) is 9.18 Å². The number of nitrogens with zero attached hydrogens (tertiary/aromatic N) is 1. The highest BCUT2D eigenvalue weighted by atomic mass is 35.5. The van der Waals surface area contributed by atoms with Crippen LogP contribution in [0.5, 0.6) is 0 Å². The second kappa shape index (κ2) is 6.84. The van der Waals surface area contributed by atoms with Crippen LogP contribution >= 0.6 is 12.4 Å². The lowest BCUT2D eigenvalue weighted by atomic mass is 10.0. The summed E-state index contributed by atoms with van der Waals surface area (Å²) in [5, 5.41) is 8.63. The summed E-state index contributed by atoms with van der Waals surface area (Å²) in [7, 11) is 1.26. The Hall–Kier alpha value is -1.64. The van der Waals surface area contributed by atoms with Gasteiger partial charge in [-0.2, -0.15) is 5.26 Å².